The van der Waals surface area contributed by atoms with Gasteiger partial charge in [-0.15, -0.1) is 0 Å². The standard InChI is InChI=1S/C30H29FN4O3/c1-35-26(16-28(34-35)20-6-7-20)12-18-8-22(23-10-19(17-32)11-25(31)14-23)13-24(9-18)30(38)33-27-5-3-2-4-21(27)15-29(36)37/h2-5,8-11,13-14,16,20H,6-7,12,15,17,32H2,1H3,(H,33,38)(H,36,37). The van der Waals surface area contributed by atoms with Gasteiger partial charge < -0.3 is 16.2 Å². The van der Waals surface area contributed by atoms with Crippen LogP contribution in [-0.2, 0) is 31.2 Å². The molecule has 0 bridgehead atoms. The van der Waals surface area contributed by atoms with Crippen LogP contribution in [-0.4, -0.2) is 26.8 Å². The molecule has 0 radical (unpaired) electrons. The lowest BCUT2D eigenvalue weighted by Gasteiger charge is -2.13. The summed E-state index contributed by atoms with van der Waals surface area (Å²) >= 11 is 0. The van der Waals surface area contributed by atoms with Crippen molar-refractivity contribution in [2.24, 2.45) is 12.8 Å². The molecule has 4 N–H and O–H groups in total. The molecule has 0 unspecified atom stereocenters. The third kappa shape index (κ3) is 5.81. The quantitative estimate of drug-likeness (QED) is 0.291. The average Bonchev–Trinajstić information content (AvgIpc) is 3.68. The molecule has 194 valence electrons. The Morgan fingerprint density at radius 3 is 2.53 bits per heavy atom. The Bertz CT molecular complexity index is 1520. The molecule has 0 saturated heterocycles. The van der Waals surface area contributed by atoms with E-state index in [0.717, 1.165) is 29.8 Å². The fourth-order valence-corrected chi connectivity index (χ4v) is 4.66. The molecule has 1 aliphatic carbocycles. The Morgan fingerprint density at radius 1 is 1.05 bits per heavy atom. The Kier molecular flexibility index (Phi) is 7.07. The second-order valence-electron chi connectivity index (χ2n) is 9.79. The molecule has 1 heterocycles. The number of halogens is 1. The molecule has 7 nitrogen and oxygen atoms in total. The number of carbonyl (C=O) groups is 2. The van der Waals surface area contributed by atoms with Crippen LogP contribution in [0.1, 0.15) is 57.2 Å². The molecule has 4 aromatic rings. The Labute approximate surface area is 220 Å². The van der Waals surface area contributed by atoms with Crippen LogP contribution in [0.4, 0.5) is 10.1 Å². The molecule has 1 aliphatic rings. The SMILES string of the molecule is Cn1nc(C2CC2)cc1Cc1cc(C(=O)Nc2ccccc2CC(=O)O)cc(-c2cc(F)cc(CN)c2)c1. The molecule has 1 aromatic heterocycles. The Balaban J connectivity index is 1.53. The summed E-state index contributed by atoms with van der Waals surface area (Å²) in [4.78, 5) is 24.7. The lowest BCUT2D eigenvalue weighted by atomic mass is 9.96. The molecule has 1 saturated carbocycles. The zero-order valence-corrected chi connectivity index (χ0v) is 21.1. The third-order valence-electron chi connectivity index (χ3n) is 6.77. The van der Waals surface area contributed by atoms with Gasteiger partial charge in [0.1, 0.15) is 5.82 Å². The number of anilines is 1. The summed E-state index contributed by atoms with van der Waals surface area (Å²) in [7, 11) is 1.91. The number of hydrogen-bond acceptors (Lipinski definition) is 4. The number of nitrogens with zero attached hydrogens (tertiary/aromatic N) is 2. The van der Waals surface area contributed by atoms with Crippen LogP contribution in [0.3, 0.4) is 0 Å². The number of nitrogens with two attached hydrogens (primary N) is 1. The molecule has 1 fully saturated rings. The van der Waals surface area contributed by atoms with Gasteiger partial charge in [0.2, 0.25) is 0 Å². The van der Waals surface area contributed by atoms with E-state index in [1.165, 1.54) is 12.1 Å². The van der Waals surface area contributed by atoms with E-state index in [4.69, 9.17) is 5.73 Å². The number of rotatable bonds is 9. The van der Waals surface area contributed by atoms with Crippen molar-refractivity contribution >= 4 is 17.6 Å². The van der Waals surface area contributed by atoms with Crippen molar-refractivity contribution in [3.63, 3.8) is 0 Å². The molecule has 8 heteroatoms. The largest absolute Gasteiger partial charge is 0.481 e. The maximum atomic E-state index is 14.4. The molecular formula is C30H29FN4O3. The van der Waals surface area contributed by atoms with Crippen molar-refractivity contribution in [1.82, 2.24) is 9.78 Å². The number of aliphatic carboxylic acids is 1. The van der Waals surface area contributed by atoms with Gasteiger partial charge in [0.05, 0.1) is 12.1 Å². The lowest BCUT2D eigenvalue weighted by Crippen LogP contribution is -2.15. The van der Waals surface area contributed by atoms with Crippen molar-refractivity contribution in [3.8, 4) is 11.1 Å². The zero-order chi connectivity index (χ0) is 26.8. The molecule has 1 amide bonds. The average molecular weight is 513 g/mol. The number of carboxylic acid groups (broad SMARTS) is 1. The van der Waals surface area contributed by atoms with Crippen molar-refractivity contribution < 1.29 is 19.1 Å². The van der Waals surface area contributed by atoms with Crippen LogP contribution in [0, 0.1) is 5.82 Å². The number of benzene rings is 3. The van der Waals surface area contributed by atoms with E-state index in [1.54, 1.807) is 30.3 Å². The first-order chi connectivity index (χ1) is 18.3. The number of amides is 1. The minimum atomic E-state index is -0.987. The van der Waals surface area contributed by atoms with Crippen LogP contribution >= 0.6 is 0 Å². The highest BCUT2D eigenvalue weighted by Gasteiger charge is 2.27. The first-order valence-corrected chi connectivity index (χ1v) is 12.6. The maximum Gasteiger partial charge on any atom is 0.307 e. The van der Waals surface area contributed by atoms with Crippen LogP contribution in [0.15, 0.2) is 66.7 Å². The van der Waals surface area contributed by atoms with Gasteiger partial charge in [0, 0.05) is 42.9 Å². The van der Waals surface area contributed by atoms with Gasteiger partial charge in [-0.05, 0) is 83.1 Å². The van der Waals surface area contributed by atoms with Crippen LogP contribution < -0.4 is 11.1 Å². The summed E-state index contributed by atoms with van der Waals surface area (Å²) in [5.74, 6) is -1.25. The van der Waals surface area contributed by atoms with E-state index in [0.29, 0.717) is 45.8 Å². The van der Waals surface area contributed by atoms with Crippen LogP contribution in [0.5, 0.6) is 0 Å². The van der Waals surface area contributed by atoms with E-state index in [-0.39, 0.29) is 18.9 Å². The number of para-hydroxylation sites is 1. The Hall–Kier alpha value is -4.30. The second kappa shape index (κ2) is 10.6. The van der Waals surface area contributed by atoms with E-state index in [1.807, 2.05) is 29.9 Å². The summed E-state index contributed by atoms with van der Waals surface area (Å²) in [5, 5.41) is 16.8. The van der Waals surface area contributed by atoms with Crippen molar-refractivity contribution in [2.45, 2.75) is 38.1 Å². The molecular weight excluding hydrogens is 483 g/mol. The van der Waals surface area contributed by atoms with E-state index < -0.39 is 11.8 Å². The van der Waals surface area contributed by atoms with E-state index in [9.17, 15) is 19.1 Å². The van der Waals surface area contributed by atoms with Gasteiger partial charge in [-0.3, -0.25) is 14.3 Å². The smallest absolute Gasteiger partial charge is 0.307 e. The number of hydrogen-bond donors (Lipinski definition) is 3. The molecule has 5 rings (SSSR count). The van der Waals surface area contributed by atoms with Gasteiger partial charge in [-0.1, -0.05) is 24.3 Å². The lowest BCUT2D eigenvalue weighted by molar-refractivity contribution is -0.136. The minimum Gasteiger partial charge on any atom is -0.481 e. The fraction of sp³-hybridized carbons (Fsp3) is 0.233. The molecule has 0 spiro atoms. The number of aryl methyl sites for hydroxylation is 1. The first-order valence-electron chi connectivity index (χ1n) is 12.6. The summed E-state index contributed by atoms with van der Waals surface area (Å²) in [6, 6.07) is 19.1. The van der Waals surface area contributed by atoms with E-state index in [2.05, 4.69) is 16.5 Å². The highest BCUT2D eigenvalue weighted by molar-refractivity contribution is 6.05. The van der Waals surface area contributed by atoms with Crippen molar-refractivity contribution in [3.05, 3.63) is 106 Å². The number of nitrogens with one attached hydrogen (secondary N) is 1. The Morgan fingerprint density at radius 2 is 1.79 bits per heavy atom. The minimum absolute atomic E-state index is 0.192. The predicted molar refractivity (Wildman–Crippen MR) is 143 cm³/mol. The molecule has 0 aliphatic heterocycles. The van der Waals surface area contributed by atoms with Crippen LogP contribution in [0.2, 0.25) is 0 Å². The molecule has 38 heavy (non-hydrogen) atoms. The van der Waals surface area contributed by atoms with Crippen molar-refractivity contribution in [2.75, 3.05) is 5.32 Å². The summed E-state index contributed by atoms with van der Waals surface area (Å²) < 4.78 is 16.3. The monoisotopic (exact) mass is 512 g/mol. The second-order valence-corrected chi connectivity index (χ2v) is 9.79. The highest BCUT2D eigenvalue weighted by Crippen LogP contribution is 2.39. The summed E-state index contributed by atoms with van der Waals surface area (Å²) in [5.41, 5.74) is 12.0. The summed E-state index contributed by atoms with van der Waals surface area (Å²) in [6.45, 7) is 0.192. The predicted octanol–water partition coefficient (Wildman–Crippen LogP) is 5.03. The van der Waals surface area contributed by atoms with Gasteiger partial charge in [-0.25, -0.2) is 4.39 Å². The fourth-order valence-electron chi connectivity index (χ4n) is 4.66. The van der Waals surface area contributed by atoms with Crippen molar-refractivity contribution in [1.29, 1.82) is 0 Å². The first kappa shape index (κ1) is 25.4. The van der Waals surface area contributed by atoms with Gasteiger partial charge >= 0.3 is 5.97 Å². The normalized spacial score (nSPS) is 12.9. The summed E-state index contributed by atoms with van der Waals surface area (Å²) in [6.07, 6.45) is 2.64. The van der Waals surface area contributed by atoms with Gasteiger partial charge in [-0.2, -0.15) is 5.10 Å². The van der Waals surface area contributed by atoms with Gasteiger partial charge in [0.25, 0.3) is 5.91 Å². The number of carbonyl (C=O) groups excluding carboxylic acids is 1. The topological polar surface area (TPSA) is 110 Å². The maximum absolute atomic E-state index is 14.4. The zero-order valence-electron chi connectivity index (χ0n) is 21.1. The van der Waals surface area contributed by atoms with E-state index >= 15 is 0 Å². The number of carboxylic acids is 1. The van der Waals surface area contributed by atoms with Gasteiger partial charge in [0.15, 0.2) is 0 Å². The van der Waals surface area contributed by atoms with Crippen LogP contribution in [0.25, 0.3) is 11.1 Å². The number of aromatic nitrogens is 2. The molecule has 3 aromatic carbocycles. The third-order valence-corrected chi connectivity index (χ3v) is 6.77. The molecule has 0 atom stereocenters. The highest BCUT2D eigenvalue weighted by atomic mass is 19.1.